The smallest absolute Gasteiger partial charge is 0.488 e. The summed E-state index contributed by atoms with van der Waals surface area (Å²) in [7, 11) is -0.472. The number of hydrogen-bond acceptors (Lipinski definition) is 9. The van der Waals surface area contributed by atoms with Crippen molar-refractivity contribution in [1.29, 1.82) is 5.26 Å². The Bertz CT molecular complexity index is 1890. The third-order valence-corrected chi connectivity index (χ3v) is 9.47. The van der Waals surface area contributed by atoms with Gasteiger partial charge in [-0.3, -0.25) is 4.98 Å². The maximum atomic E-state index is 12.1. The quantitative estimate of drug-likeness (QED) is 0.158. The predicted octanol–water partition coefficient (Wildman–Crippen LogP) is 6.57. The second-order valence-corrected chi connectivity index (χ2v) is 13.5. The van der Waals surface area contributed by atoms with Crippen LogP contribution < -0.4 is 20.3 Å². The number of rotatable bonds is 12. The highest BCUT2D eigenvalue weighted by Crippen LogP contribution is 2.38. The minimum absolute atomic E-state index is 0.0591. The lowest BCUT2D eigenvalue weighted by molar-refractivity contribution is 0.00578. The molecule has 1 aliphatic rings. The molecule has 2 heterocycles. The van der Waals surface area contributed by atoms with Gasteiger partial charge in [-0.15, -0.1) is 0 Å². The van der Waals surface area contributed by atoms with Gasteiger partial charge in [-0.1, -0.05) is 48.0 Å². The number of amides is 1. The minimum atomic E-state index is -0.695. The number of hydrogen-bond donors (Lipinski definition) is 2. The normalized spacial score (nSPS) is 14.6. The Labute approximate surface area is 298 Å². The summed E-state index contributed by atoms with van der Waals surface area (Å²) in [4.78, 5) is 16.2. The molecule has 4 aromatic rings. The van der Waals surface area contributed by atoms with E-state index in [4.69, 9.17) is 40.2 Å². The van der Waals surface area contributed by atoms with E-state index in [1.165, 1.54) is 6.20 Å². The molecular formula is C38H41BClN3O7. The molecule has 50 heavy (non-hydrogen) atoms. The predicted molar refractivity (Wildman–Crippen MR) is 191 cm³/mol. The Morgan fingerprint density at radius 2 is 1.60 bits per heavy atom. The zero-order valence-corrected chi connectivity index (χ0v) is 29.9. The van der Waals surface area contributed by atoms with E-state index < -0.39 is 24.4 Å². The first-order valence-electron chi connectivity index (χ1n) is 16.3. The molecule has 10 nitrogen and oxygen atoms in total. The third-order valence-electron chi connectivity index (χ3n) is 9.18. The fourth-order valence-electron chi connectivity index (χ4n) is 5.53. The molecule has 0 bridgehead atoms. The topological polar surface area (TPSA) is 132 Å². The van der Waals surface area contributed by atoms with E-state index in [1.807, 2.05) is 45.9 Å². The highest BCUT2D eigenvalue weighted by Gasteiger charge is 2.52. The summed E-state index contributed by atoms with van der Waals surface area (Å²) in [5, 5.41) is 21.0. The van der Waals surface area contributed by atoms with Crippen molar-refractivity contribution in [2.75, 3.05) is 13.2 Å². The van der Waals surface area contributed by atoms with Crippen LogP contribution in [0.5, 0.6) is 11.5 Å². The van der Waals surface area contributed by atoms with E-state index in [1.54, 1.807) is 24.4 Å². The lowest BCUT2D eigenvalue weighted by Crippen LogP contribution is -2.41. The van der Waals surface area contributed by atoms with Crippen molar-refractivity contribution in [2.24, 2.45) is 0 Å². The first kappa shape index (κ1) is 36.7. The summed E-state index contributed by atoms with van der Waals surface area (Å²) in [5.41, 5.74) is 6.93. The second kappa shape index (κ2) is 15.5. The molecule has 5 rings (SSSR count). The highest BCUT2D eigenvalue weighted by atomic mass is 35.5. The number of halogens is 1. The number of aromatic nitrogens is 1. The van der Waals surface area contributed by atoms with Crippen LogP contribution in [0.25, 0.3) is 11.1 Å². The zero-order chi connectivity index (χ0) is 36.1. The van der Waals surface area contributed by atoms with Gasteiger partial charge in [0.1, 0.15) is 37.4 Å². The Hall–Kier alpha value is -4.60. The number of ether oxygens (including phenoxy) is 3. The minimum Gasteiger partial charge on any atom is -0.488 e. The van der Waals surface area contributed by atoms with Crippen LogP contribution >= 0.6 is 11.6 Å². The van der Waals surface area contributed by atoms with Crippen LogP contribution in [0.3, 0.4) is 0 Å². The largest absolute Gasteiger partial charge is 0.495 e. The molecular weight excluding hydrogens is 657 g/mol. The number of carbonyl (C=O) groups is 1. The van der Waals surface area contributed by atoms with Crippen molar-refractivity contribution in [2.45, 2.75) is 72.6 Å². The van der Waals surface area contributed by atoms with E-state index in [2.05, 4.69) is 48.4 Å². The van der Waals surface area contributed by atoms with Crippen LogP contribution in [0.15, 0.2) is 67.0 Å². The number of pyridine rings is 1. The lowest BCUT2D eigenvalue weighted by Gasteiger charge is -2.32. The average molecular weight is 698 g/mol. The Kier molecular flexibility index (Phi) is 11.4. The number of nitriles is 1. The third kappa shape index (κ3) is 8.23. The molecule has 260 valence electrons. The van der Waals surface area contributed by atoms with Crippen LogP contribution in [0.1, 0.15) is 61.1 Å². The Balaban J connectivity index is 1.38. The molecule has 0 spiro atoms. The van der Waals surface area contributed by atoms with Gasteiger partial charge in [-0.05, 0) is 87.0 Å². The van der Waals surface area contributed by atoms with E-state index in [-0.39, 0.29) is 33.0 Å². The monoisotopic (exact) mass is 697 g/mol. The highest BCUT2D eigenvalue weighted by molar-refractivity contribution is 6.62. The van der Waals surface area contributed by atoms with E-state index in [0.29, 0.717) is 33.2 Å². The van der Waals surface area contributed by atoms with Crippen LogP contribution in [-0.2, 0) is 33.9 Å². The first-order valence-corrected chi connectivity index (χ1v) is 16.7. The number of aliphatic hydroxyl groups excluding tert-OH is 1. The number of carbonyl (C=O) groups excluding carboxylic acids is 1. The molecule has 0 unspecified atom stereocenters. The molecule has 12 heteroatoms. The van der Waals surface area contributed by atoms with Crippen LogP contribution in [0.2, 0.25) is 5.02 Å². The summed E-state index contributed by atoms with van der Waals surface area (Å²) < 4.78 is 30.5. The van der Waals surface area contributed by atoms with Gasteiger partial charge in [0, 0.05) is 36.1 Å². The van der Waals surface area contributed by atoms with Crippen molar-refractivity contribution in [3.63, 3.8) is 0 Å². The molecule has 1 amide bonds. The van der Waals surface area contributed by atoms with Crippen molar-refractivity contribution in [1.82, 2.24) is 10.3 Å². The van der Waals surface area contributed by atoms with Crippen molar-refractivity contribution >= 4 is 30.3 Å². The Morgan fingerprint density at radius 3 is 2.30 bits per heavy atom. The van der Waals surface area contributed by atoms with Gasteiger partial charge in [0.25, 0.3) is 0 Å². The number of alkyl carbamates (subject to hydrolysis) is 1. The van der Waals surface area contributed by atoms with Crippen molar-refractivity contribution < 1.29 is 33.4 Å². The lowest BCUT2D eigenvalue weighted by atomic mass is 9.74. The molecule has 0 saturated carbocycles. The second-order valence-electron chi connectivity index (χ2n) is 13.1. The van der Waals surface area contributed by atoms with Crippen LogP contribution in [0.4, 0.5) is 4.79 Å². The summed E-state index contributed by atoms with van der Waals surface area (Å²) in [6.45, 7) is 12.4. The number of aliphatic hydroxyl groups is 1. The zero-order valence-electron chi connectivity index (χ0n) is 29.1. The average Bonchev–Trinajstić information content (AvgIpc) is 3.31. The number of benzene rings is 3. The van der Waals surface area contributed by atoms with Crippen LogP contribution in [0, 0.1) is 25.2 Å². The van der Waals surface area contributed by atoms with Gasteiger partial charge < -0.3 is 33.9 Å². The van der Waals surface area contributed by atoms with Gasteiger partial charge in [0.2, 0.25) is 0 Å². The molecule has 1 aliphatic heterocycles. The van der Waals surface area contributed by atoms with E-state index >= 15 is 0 Å². The molecule has 1 fully saturated rings. The van der Waals surface area contributed by atoms with Crippen molar-refractivity contribution in [3.05, 3.63) is 105 Å². The fraction of sp³-hybridized carbons (Fsp3) is 0.342. The molecule has 0 atom stereocenters. The van der Waals surface area contributed by atoms with Gasteiger partial charge in [0.05, 0.1) is 28.4 Å². The van der Waals surface area contributed by atoms with E-state index in [0.717, 1.165) is 33.3 Å². The summed E-state index contributed by atoms with van der Waals surface area (Å²) in [6.07, 6.45) is 2.38. The standard InChI is InChI=1S/C38H41BClN3O7/c1-24-28(9-7-10-30(24)31-11-8-12-32(25(31)2)39-49-37(3,4)38(5,6)50-39)22-47-35-17-34(46-21-27-15-26(18-41)19-42-20-27)29(16-33(35)40)23-48-36(45)43-13-14-44/h7-12,15-17,19-20,44H,13-14,21-23H2,1-6H3,(H,43,45). The number of nitrogens with one attached hydrogen (secondary N) is 1. The fourth-order valence-corrected chi connectivity index (χ4v) is 5.77. The van der Waals surface area contributed by atoms with Gasteiger partial charge in [-0.2, -0.15) is 5.26 Å². The SMILES string of the molecule is Cc1c(COc2cc(OCc3cncc(C#N)c3)c(COC(=O)NCCO)cc2Cl)cccc1-c1cccc(B2OC(C)(C)C(C)(C)O2)c1C. The maximum Gasteiger partial charge on any atom is 0.495 e. The molecule has 1 aromatic heterocycles. The summed E-state index contributed by atoms with van der Waals surface area (Å²) >= 11 is 6.69. The molecule has 3 aromatic carbocycles. The number of nitrogens with zero attached hydrogens (tertiary/aromatic N) is 2. The molecule has 1 saturated heterocycles. The van der Waals surface area contributed by atoms with Crippen LogP contribution in [-0.4, -0.2) is 47.7 Å². The Morgan fingerprint density at radius 1 is 0.920 bits per heavy atom. The summed E-state index contributed by atoms with van der Waals surface area (Å²) in [6, 6.07) is 19.3. The maximum absolute atomic E-state index is 12.1. The molecule has 0 radical (unpaired) electrons. The van der Waals surface area contributed by atoms with Gasteiger partial charge in [0.15, 0.2) is 0 Å². The summed E-state index contributed by atoms with van der Waals surface area (Å²) in [5.74, 6) is 0.755. The van der Waals surface area contributed by atoms with E-state index in [9.17, 15) is 10.1 Å². The molecule has 0 aliphatic carbocycles. The molecule has 2 N–H and O–H groups in total. The van der Waals surface area contributed by atoms with Crippen molar-refractivity contribution in [3.8, 4) is 28.7 Å². The van der Waals surface area contributed by atoms with Gasteiger partial charge in [-0.25, -0.2) is 4.79 Å². The van der Waals surface area contributed by atoms with Gasteiger partial charge >= 0.3 is 13.2 Å². The first-order chi connectivity index (χ1) is 23.8.